The van der Waals surface area contributed by atoms with Gasteiger partial charge in [0.05, 0.1) is 19.7 Å². The van der Waals surface area contributed by atoms with E-state index in [4.69, 9.17) is 5.11 Å². The first-order chi connectivity index (χ1) is 10.1. The number of aryl methyl sites for hydroxylation is 1. The van der Waals surface area contributed by atoms with Crippen molar-refractivity contribution in [3.05, 3.63) is 47.4 Å². The Balaban J connectivity index is 1.97. The standard InChI is InChI=1S/C16H15FN2O2/c1-10-5-12(6-18-16(10)19-7-13(21)8-19)14-4-2-3-11(9-20)15(14)17/h2-6,20H,7-9H2,1H3. The highest BCUT2D eigenvalue weighted by atomic mass is 19.1. The molecule has 0 bridgehead atoms. The minimum Gasteiger partial charge on any atom is -0.392 e. The van der Waals surface area contributed by atoms with Gasteiger partial charge < -0.3 is 10.0 Å². The van der Waals surface area contributed by atoms with E-state index in [0.29, 0.717) is 24.2 Å². The maximum atomic E-state index is 14.2. The number of aromatic nitrogens is 1. The van der Waals surface area contributed by atoms with Gasteiger partial charge in [-0.05, 0) is 18.6 Å². The molecule has 1 aliphatic rings. The molecule has 21 heavy (non-hydrogen) atoms. The van der Waals surface area contributed by atoms with Crippen molar-refractivity contribution < 1.29 is 14.3 Å². The van der Waals surface area contributed by atoms with Gasteiger partial charge in [-0.1, -0.05) is 18.2 Å². The van der Waals surface area contributed by atoms with Crippen LogP contribution in [0.4, 0.5) is 10.2 Å². The van der Waals surface area contributed by atoms with Gasteiger partial charge >= 0.3 is 0 Å². The molecule has 0 atom stereocenters. The highest BCUT2D eigenvalue weighted by Crippen LogP contribution is 2.29. The Bertz CT molecular complexity index is 707. The maximum absolute atomic E-state index is 14.2. The summed E-state index contributed by atoms with van der Waals surface area (Å²) in [5.41, 5.74) is 2.25. The van der Waals surface area contributed by atoms with Gasteiger partial charge in [-0.3, -0.25) is 4.79 Å². The highest BCUT2D eigenvalue weighted by molar-refractivity contribution is 5.95. The van der Waals surface area contributed by atoms with Gasteiger partial charge in [0, 0.05) is 22.9 Å². The molecule has 108 valence electrons. The van der Waals surface area contributed by atoms with Crippen molar-refractivity contribution in [3.8, 4) is 11.1 Å². The molecule has 1 aromatic carbocycles. The lowest BCUT2D eigenvalue weighted by Crippen LogP contribution is -2.48. The number of aliphatic hydroxyl groups excluding tert-OH is 1. The summed E-state index contributed by atoms with van der Waals surface area (Å²) < 4.78 is 14.2. The topological polar surface area (TPSA) is 53.4 Å². The number of hydrogen-bond donors (Lipinski definition) is 1. The molecule has 2 aromatic rings. The van der Waals surface area contributed by atoms with E-state index in [-0.39, 0.29) is 18.0 Å². The van der Waals surface area contributed by atoms with Crippen LogP contribution in [0.25, 0.3) is 11.1 Å². The Labute approximate surface area is 121 Å². The summed E-state index contributed by atoms with van der Waals surface area (Å²) in [4.78, 5) is 17.3. The number of Topliss-reactive ketones (excluding diaryl/α,β-unsaturated/α-hetero) is 1. The first-order valence-corrected chi connectivity index (χ1v) is 6.72. The van der Waals surface area contributed by atoms with Crippen molar-refractivity contribution in [2.75, 3.05) is 18.0 Å². The molecular weight excluding hydrogens is 271 g/mol. The number of aliphatic hydroxyl groups is 1. The first kappa shape index (κ1) is 13.7. The predicted octanol–water partition coefficient (Wildman–Crippen LogP) is 2.08. The van der Waals surface area contributed by atoms with Crippen LogP contribution in [0.5, 0.6) is 0 Å². The average Bonchev–Trinajstić information content (AvgIpc) is 2.44. The van der Waals surface area contributed by atoms with Gasteiger partial charge in [0.25, 0.3) is 0 Å². The number of rotatable bonds is 3. The van der Waals surface area contributed by atoms with E-state index in [1.54, 1.807) is 24.4 Å². The number of carbonyl (C=O) groups excluding carboxylic acids is 1. The number of nitrogens with zero attached hydrogens (tertiary/aromatic N) is 2. The zero-order chi connectivity index (χ0) is 15.0. The molecule has 2 heterocycles. The summed E-state index contributed by atoms with van der Waals surface area (Å²) in [5.74, 6) is 0.534. The van der Waals surface area contributed by atoms with Crippen molar-refractivity contribution in [1.29, 1.82) is 0 Å². The molecule has 0 spiro atoms. The lowest BCUT2D eigenvalue weighted by molar-refractivity contribution is -0.119. The summed E-state index contributed by atoms with van der Waals surface area (Å²) >= 11 is 0. The Morgan fingerprint density at radius 1 is 1.38 bits per heavy atom. The Morgan fingerprint density at radius 3 is 2.76 bits per heavy atom. The van der Waals surface area contributed by atoms with Crippen molar-refractivity contribution in [2.24, 2.45) is 0 Å². The summed E-state index contributed by atoms with van der Waals surface area (Å²) in [6.07, 6.45) is 1.60. The van der Waals surface area contributed by atoms with Crippen molar-refractivity contribution in [2.45, 2.75) is 13.5 Å². The van der Waals surface area contributed by atoms with Gasteiger partial charge in [-0.2, -0.15) is 0 Å². The van der Waals surface area contributed by atoms with E-state index in [2.05, 4.69) is 4.98 Å². The number of pyridine rings is 1. The smallest absolute Gasteiger partial charge is 0.171 e. The lowest BCUT2D eigenvalue weighted by Gasteiger charge is -2.31. The molecule has 1 aliphatic heterocycles. The Kier molecular flexibility index (Phi) is 3.43. The minimum atomic E-state index is -0.423. The predicted molar refractivity (Wildman–Crippen MR) is 77.5 cm³/mol. The SMILES string of the molecule is Cc1cc(-c2cccc(CO)c2F)cnc1N1CC(=O)C1. The van der Waals surface area contributed by atoms with E-state index < -0.39 is 5.82 Å². The molecule has 1 aromatic heterocycles. The molecular formula is C16H15FN2O2. The quantitative estimate of drug-likeness (QED) is 0.938. The number of anilines is 1. The van der Waals surface area contributed by atoms with Gasteiger partial charge in [0.15, 0.2) is 5.78 Å². The first-order valence-electron chi connectivity index (χ1n) is 6.72. The van der Waals surface area contributed by atoms with Crippen molar-refractivity contribution in [1.82, 2.24) is 4.98 Å². The van der Waals surface area contributed by atoms with E-state index in [0.717, 1.165) is 11.4 Å². The molecule has 4 nitrogen and oxygen atoms in total. The van der Waals surface area contributed by atoms with Crippen LogP contribution >= 0.6 is 0 Å². The average molecular weight is 286 g/mol. The normalized spacial score (nSPS) is 14.2. The van der Waals surface area contributed by atoms with Crippen LogP contribution in [0.2, 0.25) is 0 Å². The van der Waals surface area contributed by atoms with E-state index in [1.807, 2.05) is 17.9 Å². The summed E-state index contributed by atoms with van der Waals surface area (Å²) in [7, 11) is 0. The highest BCUT2D eigenvalue weighted by Gasteiger charge is 2.26. The van der Waals surface area contributed by atoms with Crippen LogP contribution in [-0.4, -0.2) is 29.0 Å². The molecule has 0 radical (unpaired) electrons. The van der Waals surface area contributed by atoms with Gasteiger partial charge in [-0.15, -0.1) is 0 Å². The number of benzene rings is 1. The third-order valence-corrected chi connectivity index (χ3v) is 3.64. The zero-order valence-electron chi connectivity index (χ0n) is 11.6. The van der Waals surface area contributed by atoms with Gasteiger partial charge in [0.2, 0.25) is 0 Å². The third kappa shape index (κ3) is 2.40. The maximum Gasteiger partial charge on any atom is 0.171 e. The third-order valence-electron chi connectivity index (χ3n) is 3.64. The zero-order valence-corrected chi connectivity index (χ0v) is 11.6. The second-order valence-electron chi connectivity index (χ2n) is 5.20. The Hall–Kier alpha value is -2.27. The van der Waals surface area contributed by atoms with E-state index >= 15 is 0 Å². The second-order valence-corrected chi connectivity index (χ2v) is 5.20. The van der Waals surface area contributed by atoms with Crippen LogP contribution in [0, 0.1) is 12.7 Å². The van der Waals surface area contributed by atoms with E-state index in [9.17, 15) is 9.18 Å². The fraction of sp³-hybridized carbons (Fsp3) is 0.250. The van der Waals surface area contributed by atoms with E-state index in [1.165, 1.54) is 0 Å². The molecule has 1 fully saturated rings. The summed E-state index contributed by atoms with van der Waals surface area (Å²) in [5, 5.41) is 9.13. The van der Waals surface area contributed by atoms with Crippen molar-refractivity contribution in [3.63, 3.8) is 0 Å². The molecule has 0 aliphatic carbocycles. The van der Waals surface area contributed by atoms with Crippen LogP contribution < -0.4 is 4.90 Å². The van der Waals surface area contributed by atoms with Crippen LogP contribution in [0.1, 0.15) is 11.1 Å². The monoisotopic (exact) mass is 286 g/mol. The molecule has 1 saturated heterocycles. The number of ketones is 1. The van der Waals surface area contributed by atoms with Gasteiger partial charge in [-0.25, -0.2) is 9.37 Å². The molecule has 0 unspecified atom stereocenters. The van der Waals surface area contributed by atoms with Crippen molar-refractivity contribution >= 4 is 11.6 Å². The Morgan fingerprint density at radius 2 is 2.14 bits per heavy atom. The fourth-order valence-electron chi connectivity index (χ4n) is 2.50. The van der Waals surface area contributed by atoms with Gasteiger partial charge in [0.1, 0.15) is 11.6 Å². The minimum absolute atomic E-state index is 0.196. The van der Waals surface area contributed by atoms with Crippen LogP contribution in [0.15, 0.2) is 30.5 Å². The molecule has 3 rings (SSSR count). The molecule has 0 amide bonds. The number of hydrogen-bond acceptors (Lipinski definition) is 4. The number of halogens is 1. The summed E-state index contributed by atoms with van der Waals surface area (Å²) in [6.45, 7) is 2.34. The van der Waals surface area contributed by atoms with Crippen LogP contribution in [-0.2, 0) is 11.4 Å². The molecule has 0 saturated carbocycles. The largest absolute Gasteiger partial charge is 0.392 e. The lowest BCUT2D eigenvalue weighted by atomic mass is 10.0. The second kappa shape index (κ2) is 5.26. The van der Waals surface area contributed by atoms with Crippen LogP contribution in [0.3, 0.4) is 0 Å². The molecule has 1 N–H and O–H groups in total. The number of carbonyl (C=O) groups is 1. The molecule has 5 heteroatoms. The fourth-order valence-corrected chi connectivity index (χ4v) is 2.50. The summed E-state index contributed by atoms with van der Waals surface area (Å²) in [6, 6.07) is 6.78.